The molecule has 2 rings (SSSR count). The van der Waals surface area contributed by atoms with Crippen molar-refractivity contribution in [2.75, 3.05) is 24.4 Å². The molecule has 0 aliphatic heterocycles. The highest BCUT2D eigenvalue weighted by Crippen LogP contribution is 2.48. The number of halogens is 2. The molecule has 1 aliphatic rings. The molecule has 0 radical (unpaired) electrons. The van der Waals surface area contributed by atoms with E-state index in [0.717, 1.165) is 36.2 Å². The number of methoxy groups -OCH3 is 1. The summed E-state index contributed by atoms with van der Waals surface area (Å²) in [4.78, 5) is 0. The molecule has 0 amide bonds. The predicted octanol–water partition coefficient (Wildman–Crippen LogP) is 4.58. The van der Waals surface area contributed by atoms with Crippen molar-refractivity contribution in [3.63, 3.8) is 0 Å². The van der Waals surface area contributed by atoms with Crippen LogP contribution < -0.4 is 15.4 Å². The van der Waals surface area contributed by atoms with Gasteiger partial charge in [-0.05, 0) is 44.8 Å². The van der Waals surface area contributed by atoms with Gasteiger partial charge in [0.05, 0.1) is 19.8 Å². The van der Waals surface area contributed by atoms with Gasteiger partial charge in [0.2, 0.25) is 0 Å². The summed E-state index contributed by atoms with van der Waals surface area (Å²) in [6.45, 7) is 5.55. The SMILES string of the molecule is CC/C=C(C)\C=C(\P)C(C)Nc1c(F)c(F)cc(OC)c1NC1(CC(O)CO)CC1. The van der Waals surface area contributed by atoms with Crippen LogP contribution in [0.1, 0.15) is 46.5 Å². The van der Waals surface area contributed by atoms with E-state index in [2.05, 4.69) is 32.9 Å². The first-order valence-electron chi connectivity index (χ1n) is 10.2. The number of hydrogen-bond acceptors (Lipinski definition) is 5. The predicted molar refractivity (Wildman–Crippen MR) is 121 cm³/mol. The summed E-state index contributed by atoms with van der Waals surface area (Å²) < 4.78 is 34.4. The number of ether oxygens (including phenoxy) is 1. The van der Waals surface area contributed by atoms with Crippen molar-refractivity contribution in [1.29, 1.82) is 0 Å². The fraction of sp³-hybridized carbons (Fsp3) is 0.545. The van der Waals surface area contributed by atoms with Crippen LogP contribution in [0, 0.1) is 11.6 Å². The number of benzene rings is 1. The summed E-state index contributed by atoms with van der Waals surface area (Å²) in [5, 5.41) is 26.3. The molecule has 3 unspecified atom stereocenters. The number of allylic oxidation sites excluding steroid dienone is 3. The number of nitrogens with one attached hydrogen (secondary N) is 2. The minimum Gasteiger partial charge on any atom is -0.494 e. The maximum Gasteiger partial charge on any atom is 0.184 e. The molecule has 0 aromatic heterocycles. The van der Waals surface area contributed by atoms with Gasteiger partial charge in [-0.25, -0.2) is 8.78 Å². The molecule has 1 fully saturated rings. The average Bonchev–Trinajstić information content (AvgIpc) is 3.46. The van der Waals surface area contributed by atoms with Gasteiger partial charge in [0.15, 0.2) is 11.6 Å². The highest BCUT2D eigenvalue weighted by atomic mass is 31.0. The molecule has 1 aromatic carbocycles. The molecule has 0 bridgehead atoms. The Balaban J connectivity index is 2.38. The quantitative estimate of drug-likeness (QED) is 0.298. The van der Waals surface area contributed by atoms with E-state index in [1.165, 1.54) is 7.11 Å². The highest BCUT2D eigenvalue weighted by Gasteiger charge is 2.45. The normalized spacial score (nSPS) is 18.0. The summed E-state index contributed by atoms with van der Waals surface area (Å²) in [5.74, 6) is -1.84. The van der Waals surface area contributed by atoms with Gasteiger partial charge in [-0.3, -0.25) is 0 Å². The minimum absolute atomic E-state index is 0.0189. The average molecular weight is 442 g/mol. The maximum absolute atomic E-state index is 14.8. The Morgan fingerprint density at radius 2 is 2.03 bits per heavy atom. The second-order valence-electron chi connectivity index (χ2n) is 7.94. The summed E-state index contributed by atoms with van der Waals surface area (Å²) in [6.07, 6.45) is 5.88. The monoisotopic (exact) mass is 442 g/mol. The Hall–Kier alpha value is -1.69. The molecular formula is C22H33F2N2O3P. The minimum atomic E-state index is -1.01. The molecule has 0 heterocycles. The van der Waals surface area contributed by atoms with Crippen molar-refractivity contribution in [2.45, 2.75) is 64.1 Å². The van der Waals surface area contributed by atoms with Crippen LogP contribution in [0.2, 0.25) is 0 Å². The van der Waals surface area contributed by atoms with Crippen LogP contribution in [0.4, 0.5) is 20.2 Å². The second-order valence-corrected chi connectivity index (χ2v) is 8.60. The fourth-order valence-corrected chi connectivity index (χ4v) is 3.75. The molecular weight excluding hydrogens is 409 g/mol. The standard InChI is InChI=1S/C22H33F2N2O3P/c1-5-6-13(2)9-18(30)14(3)25-21-19(24)16(23)10-17(29-4)20(21)26-22(7-8-22)11-15(28)12-27/h6,9-10,14-15,25-28H,5,7-8,11-12,30H2,1-4H3/b13-6-,18-9+. The van der Waals surface area contributed by atoms with Gasteiger partial charge in [0.1, 0.15) is 17.1 Å². The lowest BCUT2D eigenvalue weighted by molar-refractivity contribution is 0.0821. The zero-order chi connectivity index (χ0) is 22.5. The Kier molecular flexibility index (Phi) is 8.65. The molecule has 1 aliphatic carbocycles. The number of anilines is 2. The Labute approximate surface area is 179 Å². The van der Waals surface area contributed by atoms with Gasteiger partial charge >= 0.3 is 0 Å². The smallest absolute Gasteiger partial charge is 0.184 e. The molecule has 5 nitrogen and oxygen atoms in total. The van der Waals surface area contributed by atoms with Crippen molar-refractivity contribution >= 4 is 20.6 Å². The molecule has 8 heteroatoms. The van der Waals surface area contributed by atoms with Crippen LogP contribution in [0.3, 0.4) is 0 Å². The first-order chi connectivity index (χ1) is 14.2. The van der Waals surface area contributed by atoms with Gasteiger partial charge in [-0.2, -0.15) is 0 Å². The first-order valence-corrected chi connectivity index (χ1v) is 10.8. The highest BCUT2D eigenvalue weighted by molar-refractivity contribution is 7.22. The van der Waals surface area contributed by atoms with Gasteiger partial charge in [-0.15, -0.1) is 9.24 Å². The topological polar surface area (TPSA) is 73.8 Å². The van der Waals surface area contributed by atoms with Crippen LogP contribution in [-0.2, 0) is 0 Å². The molecule has 1 aromatic rings. The second kappa shape index (κ2) is 10.6. The molecule has 4 N–H and O–H groups in total. The summed E-state index contributed by atoms with van der Waals surface area (Å²) in [7, 11) is 4.04. The number of aliphatic hydroxyl groups excluding tert-OH is 2. The van der Waals surface area contributed by atoms with E-state index in [1.54, 1.807) is 0 Å². The van der Waals surface area contributed by atoms with Crippen molar-refractivity contribution < 1.29 is 23.7 Å². The van der Waals surface area contributed by atoms with Crippen molar-refractivity contribution in [3.05, 3.63) is 40.7 Å². The third kappa shape index (κ3) is 6.16. The number of rotatable bonds is 11. The van der Waals surface area contributed by atoms with Gasteiger partial charge in [0.25, 0.3) is 0 Å². The van der Waals surface area contributed by atoms with Crippen molar-refractivity contribution in [1.82, 2.24) is 0 Å². The fourth-order valence-electron chi connectivity index (χ4n) is 3.40. The third-order valence-corrected chi connectivity index (χ3v) is 5.93. The number of aliphatic hydroxyl groups is 2. The van der Waals surface area contributed by atoms with E-state index in [1.807, 2.05) is 19.9 Å². The van der Waals surface area contributed by atoms with Crippen LogP contribution >= 0.6 is 9.24 Å². The zero-order valence-electron chi connectivity index (χ0n) is 18.1. The maximum atomic E-state index is 14.8. The van der Waals surface area contributed by atoms with E-state index < -0.39 is 23.3 Å². The molecule has 0 saturated heterocycles. The molecule has 0 spiro atoms. The lowest BCUT2D eigenvalue weighted by atomic mass is 10.1. The molecule has 3 atom stereocenters. The molecule has 168 valence electrons. The lowest BCUT2D eigenvalue weighted by Crippen LogP contribution is -2.30. The third-order valence-electron chi connectivity index (χ3n) is 5.27. The Bertz CT molecular complexity index is 810. The zero-order valence-corrected chi connectivity index (χ0v) is 19.2. The molecule has 30 heavy (non-hydrogen) atoms. The van der Waals surface area contributed by atoms with Crippen molar-refractivity contribution in [3.8, 4) is 5.75 Å². The van der Waals surface area contributed by atoms with Crippen LogP contribution in [0.15, 0.2) is 29.1 Å². The van der Waals surface area contributed by atoms with Gasteiger partial charge in [-0.1, -0.05) is 24.6 Å². The first kappa shape index (κ1) is 24.6. The van der Waals surface area contributed by atoms with Gasteiger partial charge < -0.3 is 25.6 Å². The summed E-state index contributed by atoms with van der Waals surface area (Å²) in [6, 6.07) is 0.715. The lowest BCUT2D eigenvalue weighted by Gasteiger charge is -2.27. The Morgan fingerprint density at radius 1 is 1.37 bits per heavy atom. The summed E-state index contributed by atoms with van der Waals surface area (Å²) in [5.41, 5.74) is 0.889. The van der Waals surface area contributed by atoms with Crippen molar-refractivity contribution in [2.24, 2.45) is 0 Å². The van der Waals surface area contributed by atoms with E-state index in [0.29, 0.717) is 12.1 Å². The number of hydrogen-bond donors (Lipinski definition) is 4. The van der Waals surface area contributed by atoms with E-state index >= 15 is 0 Å². The van der Waals surface area contributed by atoms with Crippen LogP contribution in [0.25, 0.3) is 0 Å². The largest absolute Gasteiger partial charge is 0.494 e. The van der Waals surface area contributed by atoms with Crippen LogP contribution in [0.5, 0.6) is 5.75 Å². The van der Waals surface area contributed by atoms with E-state index in [9.17, 15) is 19.0 Å². The van der Waals surface area contributed by atoms with E-state index in [-0.39, 0.29) is 24.1 Å². The van der Waals surface area contributed by atoms with Gasteiger partial charge in [0, 0.05) is 17.6 Å². The van der Waals surface area contributed by atoms with Crippen LogP contribution in [-0.4, -0.2) is 41.6 Å². The Morgan fingerprint density at radius 3 is 2.57 bits per heavy atom. The summed E-state index contributed by atoms with van der Waals surface area (Å²) >= 11 is 0. The molecule has 1 saturated carbocycles. The van der Waals surface area contributed by atoms with E-state index in [4.69, 9.17) is 4.74 Å².